The molecule has 0 unspecified atom stereocenters. The minimum atomic E-state index is -0.164. The quantitative estimate of drug-likeness (QED) is 0.165. The fourth-order valence-corrected chi connectivity index (χ4v) is 3.86. The number of hydrogen-bond acceptors (Lipinski definition) is 1. The first-order valence-corrected chi connectivity index (χ1v) is 13.3. The normalized spacial score (nSPS) is 10.9. The van der Waals surface area contributed by atoms with Crippen LogP contribution in [0, 0.1) is 0 Å². The molecule has 0 aliphatic heterocycles. The third kappa shape index (κ3) is 25.1. The highest BCUT2D eigenvalue weighted by atomic mass is 35.5. The number of nitrogens with two attached hydrogens (primary N) is 1. The highest BCUT2D eigenvalue weighted by molar-refractivity contribution is 5.73. The van der Waals surface area contributed by atoms with Crippen molar-refractivity contribution >= 4 is 5.91 Å². The summed E-state index contributed by atoms with van der Waals surface area (Å²) in [6, 6.07) is 10.6. The summed E-state index contributed by atoms with van der Waals surface area (Å²) in [5.74, 6) is -0.164. The molecule has 0 atom stereocenters. The Kier molecular flexibility index (Phi) is 25.0. The van der Waals surface area contributed by atoms with Crippen LogP contribution in [0.15, 0.2) is 55.1 Å². The molecule has 2 N–H and O–H groups in total. The molecular formula is C30H53ClN2O. The van der Waals surface area contributed by atoms with Crippen molar-refractivity contribution in [1.82, 2.24) is 0 Å². The number of carbonyl (C=O) groups excluding carboxylic acids is 1. The number of primary amides is 1. The minimum absolute atomic E-state index is 0. The Morgan fingerprint density at radius 1 is 0.853 bits per heavy atom. The Labute approximate surface area is 217 Å². The van der Waals surface area contributed by atoms with Crippen LogP contribution in [0.25, 0.3) is 0 Å². The molecule has 0 aliphatic rings. The highest BCUT2D eigenvalue weighted by Gasteiger charge is 2.12. The Morgan fingerprint density at radius 2 is 1.35 bits per heavy atom. The van der Waals surface area contributed by atoms with E-state index in [0.29, 0.717) is 6.42 Å². The lowest BCUT2D eigenvalue weighted by Gasteiger charge is -2.28. The molecule has 0 fully saturated rings. The highest BCUT2D eigenvalue weighted by Crippen LogP contribution is 2.10. The number of benzene rings is 1. The number of carbonyl (C=O) groups is 1. The monoisotopic (exact) mass is 492 g/mol. The Morgan fingerprint density at radius 3 is 1.85 bits per heavy atom. The van der Waals surface area contributed by atoms with Crippen LogP contribution < -0.4 is 18.1 Å². The zero-order valence-electron chi connectivity index (χ0n) is 22.5. The lowest BCUT2D eigenvalue weighted by atomic mass is 10.1. The summed E-state index contributed by atoms with van der Waals surface area (Å²) in [4.78, 5) is 10.5. The average Bonchev–Trinajstić information content (AvgIpc) is 2.77. The number of nitrogens with zero attached hydrogens (tertiary/aromatic N) is 1. The number of quaternary nitrogens is 1. The minimum Gasteiger partial charge on any atom is -1.00 e. The summed E-state index contributed by atoms with van der Waals surface area (Å²) in [6.45, 7) is 8.11. The van der Waals surface area contributed by atoms with Gasteiger partial charge in [-0.3, -0.25) is 4.79 Å². The second-order valence-electron chi connectivity index (χ2n) is 9.85. The summed E-state index contributed by atoms with van der Waals surface area (Å²) >= 11 is 0. The van der Waals surface area contributed by atoms with E-state index >= 15 is 0 Å². The molecule has 1 rings (SSSR count). The second kappa shape index (κ2) is 24.5. The predicted molar refractivity (Wildman–Crippen MR) is 146 cm³/mol. The van der Waals surface area contributed by atoms with Crippen molar-refractivity contribution in [3.05, 3.63) is 60.7 Å². The predicted octanol–water partition coefficient (Wildman–Crippen LogP) is 4.96. The van der Waals surface area contributed by atoms with Crippen LogP contribution in [0.5, 0.6) is 0 Å². The average molecular weight is 493 g/mol. The molecular weight excluding hydrogens is 440 g/mol. The molecule has 0 radical (unpaired) electrons. The van der Waals surface area contributed by atoms with Crippen LogP contribution in [-0.4, -0.2) is 31.0 Å². The van der Waals surface area contributed by atoms with E-state index in [1.54, 1.807) is 0 Å². The van der Waals surface area contributed by atoms with Gasteiger partial charge in [0.05, 0.1) is 20.6 Å². The van der Waals surface area contributed by atoms with Gasteiger partial charge in [-0.2, -0.15) is 0 Å². The maximum Gasteiger partial charge on any atom is 0.217 e. The Hall–Kier alpha value is -1.58. The van der Waals surface area contributed by atoms with Crippen LogP contribution in [0.4, 0.5) is 0 Å². The van der Waals surface area contributed by atoms with E-state index in [1.807, 2.05) is 6.08 Å². The topological polar surface area (TPSA) is 43.1 Å². The first-order chi connectivity index (χ1) is 15.9. The molecule has 0 saturated heterocycles. The maximum atomic E-state index is 10.5. The van der Waals surface area contributed by atoms with Crippen LogP contribution in [0.1, 0.15) is 102 Å². The van der Waals surface area contributed by atoms with Gasteiger partial charge in [-0.1, -0.05) is 107 Å². The van der Waals surface area contributed by atoms with Crippen LogP contribution in [-0.2, 0) is 11.3 Å². The fourth-order valence-electron chi connectivity index (χ4n) is 3.86. The molecule has 4 heteroatoms. The van der Waals surface area contributed by atoms with Gasteiger partial charge < -0.3 is 22.6 Å². The van der Waals surface area contributed by atoms with Gasteiger partial charge in [0, 0.05) is 12.0 Å². The van der Waals surface area contributed by atoms with E-state index in [0.717, 1.165) is 30.4 Å². The third-order valence-corrected chi connectivity index (χ3v) is 5.76. The molecule has 1 aromatic rings. The lowest BCUT2D eigenvalue weighted by Crippen LogP contribution is -3.00. The molecule has 34 heavy (non-hydrogen) atoms. The van der Waals surface area contributed by atoms with Crippen molar-refractivity contribution in [2.75, 3.05) is 20.6 Å². The molecule has 0 heterocycles. The largest absolute Gasteiger partial charge is 1.00 e. The van der Waals surface area contributed by atoms with Crippen molar-refractivity contribution in [1.29, 1.82) is 0 Å². The van der Waals surface area contributed by atoms with Gasteiger partial charge in [-0.05, 0) is 38.2 Å². The number of hydrogen-bond donors (Lipinski definition) is 1. The van der Waals surface area contributed by atoms with Crippen molar-refractivity contribution in [3.8, 4) is 0 Å². The van der Waals surface area contributed by atoms with Crippen molar-refractivity contribution < 1.29 is 21.7 Å². The van der Waals surface area contributed by atoms with Gasteiger partial charge in [0.15, 0.2) is 0 Å². The first kappa shape index (κ1) is 34.6. The summed E-state index contributed by atoms with van der Waals surface area (Å²) in [7, 11) is 4.43. The van der Waals surface area contributed by atoms with Crippen molar-refractivity contribution in [2.24, 2.45) is 5.73 Å². The van der Waals surface area contributed by atoms with Gasteiger partial charge in [-0.25, -0.2) is 0 Å². The van der Waals surface area contributed by atoms with Gasteiger partial charge in [0.25, 0.3) is 0 Å². The molecule has 0 spiro atoms. The summed E-state index contributed by atoms with van der Waals surface area (Å²) in [6.07, 6.45) is 23.9. The Balaban J connectivity index is 0. The van der Waals surface area contributed by atoms with Gasteiger partial charge in [-0.15, -0.1) is 0 Å². The molecule has 196 valence electrons. The first-order valence-electron chi connectivity index (χ1n) is 13.3. The van der Waals surface area contributed by atoms with Gasteiger partial charge >= 0.3 is 0 Å². The molecule has 3 nitrogen and oxygen atoms in total. The maximum absolute atomic E-state index is 10.5. The number of allylic oxidation sites excluding steroid dienone is 2. The van der Waals surface area contributed by atoms with E-state index in [1.165, 1.54) is 76.2 Å². The summed E-state index contributed by atoms with van der Waals surface area (Å²) < 4.78 is 0.966. The molecule has 0 aliphatic carbocycles. The Bertz CT molecular complexity index is 613. The zero-order chi connectivity index (χ0) is 24.6. The SMILES string of the molecule is C=CC[N+](C)(C)Cc1ccccc1.CCCCCCCC/C=C\CCCCCCCC(N)=O.[Cl-]. The van der Waals surface area contributed by atoms with E-state index in [4.69, 9.17) is 5.73 Å². The molecule has 0 saturated carbocycles. The van der Waals surface area contributed by atoms with Gasteiger partial charge in [0.2, 0.25) is 5.91 Å². The van der Waals surface area contributed by atoms with E-state index < -0.39 is 0 Å². The summed E-state index contributed by atoms with van der Waals surface area (Å²) in [5, 5.41) is 0. The number of amides is 1. The molecule has 0 bridgehead atoms. The lowest BCUT2D eigenvalue weighted by molar-refractivity contribution is -0.897. The van der Waals surface area contributed by atoms with E-state index in [9.17, 15) is 4.79 Å². The van der Waals surface area contributed by atoms with Crippen LogP contribution in [0.3, 0.4) is 0 Å². The van der Waals surface area contributed by atoms with Crippen molar-refractivity contribution in [3.63, 3.8) is 0 Å². The third-order valence-electron chi connectivity index (χ3n) is 5.76. The number of halogens is 1. The number of rotatable bonds is 19. The molecule has 1 amide bonds. The number of unbranched alkanes of at least 4 members (excludes halogenated alkanes) is 11. The fraction of sp³-hybridized carbons (Fsp3) is 0.633. The van der Waals surface area contributed by atoms with Gasteiger partial charge in [0.1, 0.15) is 6.54 Å². The van der Waals surface area contributed by atoms with Crippen LogP contribution in [0.2, 0.25) is 0 Å². The van der Waals surface area contributed by atoms with E-state index in [2.05, 4.69) is 70.1 Å². The standard InChI is InChI=1S/C18H35NO.C12H18N.ClH/c1-2-3-4-5-6-7-8-9-10-11-12-13-14-15-16-17-18(19)20;1-4-10-13(2,3)11-12-8-6-5-7-9-12;/h9-10H,2-8,11-17H2,1H3,(H2,19,20);4-9H,1,10-11H2,2-3H3;1H/q;+1;/p-1/b10-9-;;. The number of likely N-dealkylation sites (N-methyl/N-ethyl adjacent to an activating group) is 1. The van der Waals surface area contributed by atoms with Crippen LogP contribution >= 0.6 is 0 Å². The van der Waals surface area contributed by atoms with Crippen molar-refractivity contribution in [2.45, 2.75) is 103 Å². The molecule has 1 aromatic carbocycles. The summed E-state index contributed by atoms with van der Waals surface area (Å²) in [5.41, 5.74) is 6.48. The smallest absolute Gasteiger partial charge is 0.217 e. The second-order valence-corrected chi connectivity index (χ2v) is 9.85. The zero-order valence-corrected chi connectivity index (χ0v) is 23.2. The molecule has 0 aromatic heterocycles. The van der Waals surface area contributed by atoms with E-state index in [-0.39, 0.29) is 18.3 Å².